The van der Waals surface area contributed by atoms with E-state index in [9.17, 15) is 4.79 Å². The number of hydrogen-bond donors (Lipinski definition) is 1. The minimum absolute atomic E-state index is 0.124. The molecule has 3 aromatic rings. The molecular weight excluding hydrogens is 368 g/mol. The van der Waals surface area contributed by atoms with Crippen LogP contribution in [0.15, 0.2) is 48.7 Å². The van der Waals surface area contributed by atoms with Crippen LogP contribution in [0.2, 0.25) is 5.02 Å². The zero-order valence-electron chi connectivity index (χ0n) is 15.0. The highest BCUT2D eigenvalue weighted by Gasteiger charge is 2.10. The third-order valence-electron chi connectivity index (χ3n) is 3.98. The lowest BCUT2D eigenvalue weighted by Crippen LogP contribution is -2.28. The molecule has 2 aromatic carbocycles. The number of rotatable bonds is 7. The van der Waals surface area contributed by atoms with E-state index in [-0.39, 0.29) is 12.5 Å². The Morgan fingerprint density at radius 1 is 1.07 bits per heavy atom. The smallest absolute Gasteiger partial charge is 0.258 e. The Balaban J connectivity index is 1.60. The molecule has 0 saturated carbocycles. The molecule has 0 aliphatic heterocycles. The molecule has 0 atom stereocenters. The Kier molecular flexibility index (Phi) is 5.98. The molecule has 1 N–H and O–H groups in total. The van der Waals surface area contributed by atoms with Crippen LogP contribution in [0.1, 0.15) is 5.56 Å². The molecule has 1 aromatic heterocycles. The summed E-state index contributed by atoms with van der Waals surface area (Å²) < 4.78 is 16.1. The average molecular weight is 387 g/mol. The molecule has 0 radical (unpaired) electrons. The summed E-state index contributed by atoms with van der Waals surface area (Å²) in [6, 6.07) is 12.6. The van der Waals surface area contributed by atoms with Gasteiger partial charge in [-0.05, 0) is 42.0 Å². The van der Waals surface area contributed by atoms with E-state index >= 15 is 0 Å². The fourth-order valence-corrected chi connectivity index (χ4v) is 2.83. The van der Waals surface area contributed by atoms with E-state index in [4.69, 9.17) is 25.8 Å². The number of carbonyl (C=O) groups is 1. The van der Waals surface area contributed by atoms with Gasteiger partial charge in [-0.1, -0.05) is 17.7 Å². The van der Waals surface area contributed by atoms with Crippen molar-refractivity contribution in [1.29, 1.82) is 0 Å². The molecule has 0 bridgehead atoms. The Morgan fingerprint density at radius 3 is 2.63 bits per heavy atom. The Hall–Kier alpha value is -2.99. The van der Waals surface area contributed by atoms with Gasteiger partial charge >= 0.3 is 0 Å². The molecule has 0 aliphatic rings. The van der Waals surface area contributed by atoms with Gasteiger partial charge < -0.3 is 19.5 Å². The van der Waals surface area contributed by atoms with Gasteiger partial charge in [-0.25, -0.2) is 0 Å². The highest BCUT2D eigenvalue weighted by Crippen LogP contribution is 2.29. The minimum atomic E-state index is -0.246. The van der Waals surface area contributed by atoms with E-state index in [2.05, 4.69) is 10.3 Å². The van der Waals surface area contributed by atoms with Crippen LogP contribution >= 0.6 is 11.6 Å². The van der Waals surface area contributed by atoms with Crippen LogP contribution in [0.5, 0.6) is 17.2 Å². The Labute approximate surface area is 162 Å². The van der Waals surface area contributed by atoms with Gasteiger partial charge in [0.15, 0.2) is 18.1 Å². The van der Waals surface area contributed by atoms with Gasteiger partial charge in [0.1, 0.15) is 11.3 Å². The van der Waals surface area contributed by atoms with Gasteiger partial charge in [0, 0.05) is 18.1 Å². The number of amides is 1. The van der Waals surface area contributed by atoms with E-state index in [1.165, 1.54) is 0 Å². The van der Waals surface area contributed by atoms with Crippen LogP contribution < -0.4 is 19.5 Å². The molecule has 0 saturated heterocycles. The lowest BCUT2D eigenvalue weighted by atomic mass is 10.2. The standard InChI is InChI=1S/C20H19ClN2O4/c1-25-16-7-5-13(10-18(16)26-2)11-23-19(24)12-27-17-8-6-15(21)14-4-3-9-22-20(14)17/h3-10H,11-12H2,1-2H3,(H,23,24). The molecule has 1 amide bonds. The number of fused-ring (bicyclic) bond motifs is 1. The second-order valence-electron chi connectivity index (χ2n) is 5.70. The van der Waals surface area contributed by atoms with E-state index < -0.39 is 0 Å². The predicted octanol–water partition coefficient (Wildman–Crippen LogP) is 3.60. The maximum absolute atomic E-state index is 12.1. The van der Waals surface area contributed by atoms with Crippen LogP contribution in [0.25, 0.3) is 10.9 Å². The van der Waals surface area contributed by atoms with Crippen LogP contribution in [0.3, 0.4) is 0 Å². The maximum Gasteiger partial charge on any atom is 0.258 e. The van der Waals surface area contributed by atoms with Gasteiger partial charge in [0.25, 0.3) is 5.91 Å². The molecule has 0 aliphatic carbocycles. The number of halogens is 1. The fraction of sp³-hybridized carbons (Fsp3) is 0.200. The molecule has 27 heavy (non-hydrogen) atoms. The maximum atomic E-state index is 12.1. The van der Waals surface area contributed by atoms with Gasteiger partial charge in [-0.15, -0.1) is 0 Å². The zero-order chi connectivity index (χ0) is 19.2. The Bertz CT molecular complexity index is 962. The Morgan fingerprint density at radius 2 is 1.85 bits per heavy atom. The highest BCUT2D eigenvalue weighted by atomic mass is 35.5. The van der Waals surface area contributed by atoms with Crippen LogP contribution in [-0.4, -0.2) is 31.7 Å². The largest absolute Gasteiger partial charge is 0.493 e. The molecule has 0 spiro atoms. The second-order valence-corrected chi connectivity index (χ2v) is 6.11. The van der Waals surface area contributed by atoms with Crippen molar-refractivity contribution in [2.75, 3.05) is 20.8 Å². The normalized spacial score (nSPS) is 10.5. The second kappa shape index (κ2) is 8.60. The number of carbonyl (C=O) groups excluding carboxylic acids is 1. The monoisotopic (exact) mass is 386 g/mol. The molecule has 0 fully saturated rings. The molecule has 3 rings (SSSR count). The first-order chi connectivity index (χ1) is 13.1. The molecule has 1 heterocycles. The minimum Gasteiger partial charge on any atom is -0.493 e. The average Bonchev–Trinajstić information content (AvgIpc) is 2.71. The number of hydrogen-bond acceptors (Lipinski definition) is 5. The summed E-state index contributed by atoms with van der Waals surface area (Å²) in [5, 5.41) is 4.18. The summed E-state index contributed by atoms with van der Waals surface area (Å²) in [5.41, 5.74) is 1.51. The van der Waals surface area contributed by atoms with E-state index in [1.807, 2.05) is 18.2 Å². The molecular formula is C20H19ClN2O4. The van der Waals surface area contributed by atoms with Gasteiger partial charge in [-0.2, -0.15) is 0 Å². The van der Waals surface area contributed by atoms with Crippen LogP contribution in [0.4, 0.5) is 0 Å². The van der Waals surface area contributed by atoms with Crippen molar-refractivity contribution in [3.63, 3.8) is 0 Å². The third-order valence-corrected chi connectivity index (χ3v) is 4.31. The summed E-state index contributed by atoms with van der Waals surface area (Å²) in [5.74, 6) is 1.51. The highest BCUT2D eigenvalue weighted by molar-refractivity contribution is 6.35. The summed E-state index contributed by atoms with van der Waals surface area (Å²) in [4.78, 5) is 16.4. The summed E-state index contributed by atoms with van der Waals surface area (Å²) in [7, 11) is 3.14. The lowest BCUT2D eigenvalue weighted by Gasteiger charge is -2.11. The zero-order valence-corrected chi connectivity index (χ0v) is 15.7. The first-order valence-corrected chi connectivity index (χ1v) is 8.64. The number of methoxy groups -OCH3 is 2. The van der Waals surface area contributed by atoms with Crippen molar-refractivity contribution in [3.8, 4) is 17.2 Å². The summed E-state index contributed by atoms with van der Waals surface area (Å²) in [6.07, 6.45) is 1.66. The van der Waals surface area contributed by atoms with E-state index in [1.54, 1.807) is 44.7 Å². The van der Waals surface area contributed by atoms with Crippen molar-refractivity contribution in [3.05, 3.63) is 59.2 Å². The molecule has 140 valence electrons. The molecule has 6 nitrogen and oxygen atoms in total. The fourth-order valence-electron chi connectivity index (χ4n) is 2.61. The topological polar surface area (TPSA) is 69.7 Å². The van der Waals surface area contributed by atoms with Crippen molar-refractivity contribution in [2.45, 2.75) is 6.54 Å². The van der Waals surface area contributed by atoms with E-state index in [0.717, 1.165) is 10.9 Å². The summed E-state index contributed by atoms with van der Waals surface area (Å²) in [6.45, 7) is 0.225. The van der Waals surface area contributed by atoms with Crippen molar-refractivity contribution in [1.82, 2.24) is 10.3 Å². The SMILES string of the molecule is COc1ccc(CNC(=O)COc2ccc(Cl)c3cccnc23)cc1OC. The van der Waals surface area contributed by atoms with Gasteiger partial charge in [0.2, 0.25) is 0 Å². The number of aromatic nitrogens is 1. The summed E-state index contributed by atoms with van der Waals surface area (Å²) >= 11 is 6.16. The van der Waals surface area contributed by atoms with Crippen LogP contribution in [-0.2, 0) is 11.3 Å². The third kappa shape index (κ3) is 4.41. The molecule has 0 unspecified atom stereocenters. The lowest BCUT2D eigenvalue weighted by molar-refractivity contribution is -0.123. The number of nitrogens with one attached hydrogen (secondary N) is 1. The van der Waals surface area contributed by atoms with Crippen molar-refractivity contribution in [2.24, 2.45) is 0 Å². The number of nitrogens with zero attached hydrogens (tertiary/aromatic N) is 1. The van der Waals surface area contributed by atoms with Crippen molar-refractivity contribution >= 4 is 28.4 Å². The van der Waals surface area contributed by atoms with E-state index in [0.29, 0.717) is 34.3 Å². The van der Waals surface area contributed by atoms with Crippen molar-refractivity contribution < 1.29 is 19.0 Å². The van der Waals surface area contributed by atoms with Gasteiger partial charge in [-0.3, -0.25) is 9.78 Å². The van der Waals surface area contributed by atoms with Crippen LogP contribution in [0, 0.1) is 0 Å². The quantitative estimate of drug-likeness (QED) is 0.671. The predicted molar refractivity (Wildman–Crippen MR) is 104 cm³/mol. The number of pyridine rings is 1. The molecule has 7 heteroatoms. The first-order valence-electron chi connectivity index (χ1n) is 8.26. The first kappa shape index (κ1) is 18.8. The van der Waals surface area contributed by atoms with Gasteiger partial charge in [0.05, 0.1) is 19.2 Å². The number of ether oxygens (including phenoxy) is 3. The number of benzene rings is 2.